The van der Waals surface area contributed by atoms with E-state index in [2.05, 4.69) is 4.98 Å². The van der Waals surface area contributed by atoms with Crippen molar-refractivity contribution in [1.29, 1.82) is 0 Å². The van der Waals surface area contributed by atoms with Crippen molar-refractivity contribution in [3.8, 4) is 17.1 Å². The van der Waals surface area contributed by atoms with Crippen molar-refractivity contribution in [3.05, 3.63) is 60.7 Å². The number of primary amides is 1. The molecule has 0 unspecified atom stereocenters. The minimum absolute atomic E-state index is 0.193. The molecule has 2 heterocycles. The van der Waals surface area contributed by atoms with Crippen LogP contribution in [0.25, 0.3) is 33.1 Å². The first-order chi connectivity index (χ1) is 11.2. The van der Waals surface area contributed by atoms with Crippen LogP contribution in [0.15, 0.2) is 60.7 Å². The summed E-state index contributed by atoms with van der Waals surface area (Å²) in [7, 11) is 0. The van der Waals surface area contributed by atoms with Gasteiger partial charge in [0.15, 0.2) is 0 Å². The van der Waals surface area contributed by atoms with E-state index < -0.39 is 6.03 Å². The summed E-state index contributed by atoms with van der Waals surface area (Å²) in [6.07, 6.45) is 0. The number of fused-ring (bicyclic) bond motifs is 2. The fourth-order valence-corrected chi connectivity index (χ4v) is 2.91. The summed E-state index contributed by atoms with van der Waals surface area (Å²) in [6.45, 7) is 0. The minimum Gasteiger partial charge on any atom is -0.494 e. The summed E-state index contributed by atoms with van der Waals surface area (Å²) in [5.74, 6) is -0.193. The number of aromatic nitrogens is 2. The summed E-state index contributed by atoms with van der Waals surface area (Å²) in [6, 6.07) is 18.0. The Labute approximate surface area is 131 Å². The lowest BCUT2D eigenvalue weighted by Crippen LogP contribution is -2.18. The summed E-state index contributed by atoms with van der Waals surface area (Å²) in [5.41, 5.74) is 7.88. The third kappa shape index (κ3) is 1.94. The van der Waals surface area contributed by atoms with Crippen LogP contribution in [0, 0.1) is 0 Å². The Hall–Kier alpha value is -3.34. The van der Waals surface area contributed by atoms with Crippen LogP contribution < -0.4 is 5.73 Å². The van der Waals surface area contributed by atoms with Gasteiger partial charge in [0.1, 0.15) is 0 Å². The van der Waals surface area contributed by atoms with Gasteiger partial charge in [-0.25, -0.2) is 14.3 Å². The molecule has 0 saturated carbocycles. The number of para-hydroxylation sites is 2. The molecule has 4 rings (SSSR count). The molecule has 0 spiro atoms. The van der Waals surface area contributed by atoms with Crippen molar-refractivity contribution in [2.24, 2.45) is 5.73 Å². The van der Waals surface area contributed by atoms with E-state index >= 15 is 0 Å². The molecule has 112 valence electrons. The highest BCUT2D eigenvalue weighted by Crippen LogP contribution is 2.38. The molecule has 0 aliphatic carbocycles. The highest BCUT2D eigenvalue weighted by molar-refractivity contribution is 6.04. The van der Waals surface area contributed by atoms with Crippen molar-refractivity contribution in [2.75, 3.05) is 0 Å². The SMILES string of the molecule is NC(=O)n1c(O)c(-c2ccc3ccccc3n2)c2ccccc21. The molecule has 0 radical (unpaired) electrons. The second kappa shape index (κ2) is 4.84. The molecule has 0 fully saturated rings. The van der Waals surface area contributed by atoms with Crippen molar-refractivity contribution < 1.29 is 9.90 Å². The molecule has 0 aliphatic rings. The van der Waals surface area contributed by atoms with Gasteiger partial charge in [0.25, 0.3) is 0 Å². The highest BCUT2D eigenvalue weighted by atomic mass is 16.3. The van der Waals surface area contributed by atoms with E-state index in [0.29, 0.717) is 16.8 Å². The fraction of sp³-hybridized carbons (Fsp3) is 0. The Bertz CT molecular complexity index is 1070. The van der Waals surface area contributed by atoms with Crippen LogP contribution >= 0.6 is 0 Å². The molecule has 0 bridgehead atoms. The molecular formula is C18H13N3O2. The largest absolute Gasteiger partial charge is 0.494 e. The predicted octanol–water partition coefficient (Wildman–Crippen LogP) is 3.49. The lowest BCUT2D eigenvalue weighted by molar-refractivity contribution is 0.248. The maximum absolute atomic E-state index is 11.7. The highest BCUT2D eigenvalue weighted by Gasteiger charge is 2.21. The average molecular weight is 303 g/mol. The van der Waals surface area contributed by atoms with Crippen LogP contribution in [0.2, 0.25) is 0 Å². The van der Waals surface area contributed by atoms with Gasteiger partial charge in [0.2, 0.25) is 5.88 Å². The van der Waals surface area contributed by atoms with Gasteiger partial charge in [-0.3, -0.25) is 0 Å². The Morgan fingerprint density at radius 2 is 1.74 bits per heavy atom. The van der Waals surface area contributed by atoms with Crippen molar-refractivity contribution >= 4 is 27.8 Å². The molecule has 2 aromatic heterocycles. The van der Waals surface area contributed by atoms with Crippen molar-refractivity contribution in [2.45, 2.75) is 0 Å². The number of carbonyl (C=O) groups excluding carboxylic acids is 1. The number of benzene rings is 2. The quantitative estimate of drug-likeness (QED) is 0.565. The Morgan fingerprint density at radius 3 is 2.57 bits per heavy atom. The Morgan fingerprint density at radius 1 is 1.00 bits per heavy atom. The maximum Gasteiger partial charge on any atom is 0.326 e. The molecule has 4 aromatic rings. The van der Waals surface area contributed by atoms with E-state index in [4.69, 9.17) is 5.73 Å². The van der Waals surface area contributed by atoms with Gasteiger partial charge in [0, 0.05) is 10.8 Å². The first-order valence-electron chi connectivity index (χ1n) is 7.15. The number of hydrogen-bond acceptors (Lipinski definition) is 3. The zero-order valence-corrected chi connectivity index (χ0v) is 12.1. The smallest absolute Gasteiger partial charge is 0.326 e. The topological polar surface area (TPSA) is 81.1 Å². The number of nitrogens with two attached hydrogens (primary N) is 1. The number of amides is 1. The Kier molecular flexibility index (Phi) is 2.81. The van der Waals surface area contributed by atoms with E-state index in [1.54, 1.807) is 12.1 Å². The second-order valence-corrected chi connectivity index (χ2v) is 5.28. The monoisotopic (exact) mass is 303 g/mol. The molecule has 0 aliphatic heterocycles. The van der Waals surface area contributed by atoms with E-state index in [1.807, 2.05) is 48.5 Å². The minimum atomic E-state index is -0.731. The van der Waals surface area contributed by atoms with Crippen LogP contribution in [0.3, 0.4) is 0 Å². The molecule has 1 amide bonds. The van der Waals surface area contributed by atoms with Crippen LogP contribution in [-0.4, -0.2) is 20.7 Å². The normalized spacial score (nSPS) is 11.1. The first kappa shape index (κ1) is 13.3. The lowest BCUT2D eigenvalue weighted by Gasteiger charge is -2.03. The number of carbonyl (C=O) groups is 1. The number of rotatable bonds is 1. The molecule has 23 heavy (non-hydrogen) atoms. The summed E-state index contributed by atoms with van der Waals surface area (Å²) >= 11 is 0. The van der Waals surface area contributed by atoms with Gasteiger partial charge in [-0.1, -0.05) is 42.5 Å². The van der Waals surface area contributed by atoms with Gasteiger partial charge in [-0.05, 0) is 18.2 Å². The van der Waals surface area contributed by atoms with Crippen LogP contribution in [0.1, 0.15) is 0 Å². The summed E-state index contributed by atoms with van der Waals surface area (Å²) < 4.78 is 1.10. The van der Waals surface area contributed by atoms with Gasteiger partial charge in [-0.2, -0.15) is 0 Å². The Balaban J connectivity index is 2.08. The summed E-state index contributed by atoms with van der Waals surface area (Å²) in [5, 5.41) is 12.3. The van der Waals surface area contributed by atoms with Gasteiger partial charge >= 0.3 is 6.03 Å². The van der Waals surface area contributed by atoms with Gasteiger partial charge in [0.05, 0.1) is 22.3 Å². The van der Waals surface area contributed by atoms with E-state index in [0.717, 1.165) is 20.9 Å². The van der Waals surface area contributed by atoms with E-state index in [-0.39, 0.29) is 5.88 Å². The number of aromatic hydroxyl groups is 1. The lowest BCUT2D eigenvalue weighted by atomic mass is 10.1. The first-order valence-corrected chi connectivity index (χ1v) is 7.15. The molecule has 0 saturated heterocycles. The second-order valence-electron chi connectivity index (χ2n) is 5.28. The third-order valence-corrected chi connectivity index (χ3v) is 3.92. The molecule has 5 heteroatoms. The van der Waals surface area contributed by atoms with E-state index in [9.17, 15) is 9.90 Å². The zero-order valence-electron chi connectivity index (χ0n) is 12.1. The molecule has 5 nitrogen and oxygen atoms in total. The molecular weight excluding hydrogens is 290 g/mol. The number of nitrogens with zero attached hydrogens (tertiary/aromatic N) is 2. The fourth-order valence-electron chi connectivity index (χ4n) is 2.91. The average Bonchev–Trinajstić information content (AvgIpc) is 2.86. The van der Waals surface area contributed by atoms with Crippen LogP contribution in [0.5, 0.6) is 5.88 Å². The van der Waals surface area contributed by atoms with Crippen molar-refractivity contribution in [3.63, 3.8) is 0 Å². The molecule has 3 N–H and O–H groups in total. The maximum atomic E-state index is 11.7. The molecule has 2 aromatic carbocycles. The van der Waals surface area contributed by atoms with Gasteiger partial charge < -0.3 is 10.8 Å². The van der Waals surface area contributed by atoms with Gasteiger partial charge in [-0.15, -0.1) is 0 Å². The molecule has 0 atom stereocenters. The number of hydrogen-bond donors (Lipinski definition) is 2. The predicted molar refractivity (Wildman–Crippen MR) is 89.3 cm³/mol. The van der Waals surface area contributed by atoms with Crippen molar-refractivity contribution in [1.82, 2.24) is 9.55 Å². The number of pyridine rings is 1. The van der Waals surface area contributed by atoms with Crippen LogP contribution in [-0.2, 0) is 0 Å². The van der Waals surface area contributed by atoms with E-state index in [1.165, 1.54) is 0 Å². The zero-order chi connectivity index (χ0) is 16.0. The summed E-state index contributed by atoms with van der Waals surface area (Å²) in [4.78, 5) is 16.3. The van der Waals surface area contributed by atoms with Crippen LogP contribution in [0.4, 0.5) is 4.79 Å². The third-order valence-electron chi connectivity index (χ3n) is 3.92. The standard InChI is InChI=1S/C18H13N3O2/c19-18(23)21-15-8-4-2-6-12(15)16(17(21)22)14-10-9-11-5-1-3-7-13(11)20-14/h1-10,22H,(H2,19,23).